The molecule has 0 radical (unpaired) electrons. The summed E-state index contributed by atoms with van der Waals surface area (Å²) in [6, 6.07) is 1.93. The molecule has 5 heteroatoms. The predicted molar refractivity (Wildman–Crippen MR) is 66.9 cm³/mol. The fourth-order valence-electron chi connectivity index (χ4n) is 1.61. The number of aromatic nitrogens is 4. The van der Waals surface area contributed by atoms with E-state index in [4.69, 9.17) is 0 Å². The van der Waals surface area contributed by atoms with E-state index in [9.17, 15) is 0 Å². The van der Waals surface area contributed by atoms with Crippen molar-refractivity contribution in [2.75, 3.05) is 11.9 Å². The average Bonchev–Trinajstić information content (AvgIpc) is 2.74. The summed E-state index contributed by atoms with van der Waals surface area (Å²) in [6.45, 7) is 5.68. The molecule has 0 fully saturated rings. The zero-order valence-electron chi connectivity index (χ0n) is 10.2. The molecule has 1 N–H and O–H groups in total. The molecule has 0 spiro atoms. The summed E-state index contributed by atoms with van der Waals surface area (Å²) in [4.78, 5) is 12.8. The number of nitrogens with one attached hydrogen (secondary N) is 1. The quantitative estimate of drug-likeness (QED) is 0.853. The van der Waals surface area contributed by atoms with Crippen molar-refractivity contribution in [3.8, 4) is 0 Å². The van der Waals surface area contributed by atoms with Gasteiger partial charge in [0.25, 0.3) is 0 Å². The fraction of sp³-hybridized carbons (Fsp3) is 0.417. The SMILES string of the molecule is CCCNc1nccn1Cc1ccnc(C)n1. The zero-order chi connectivity index (χ0) is 12.1. The van der Waals surface area contributed by atoms with Gasteiger partial charge in [0.2, 0.25) is 5.95 Å². The summed E-state index contributed by atoms with van der Waals surface area (Å²) < 4.78 is 2.05. The molecule has 2 rings (SSSR count). The van der Waals surface area contributed by atoms with Crippen molar-refractivity contribution >= 4 is 5.95 Å². The van der Waals surface area contributed by atoms with E-state index in [-0.39, 0.29) is 0 Å². The first-order valence-corrected chi connectivity index (χ1v) is 5.83. The molecule has 2 aromatic heterocycles. The van der Waals surface area contributed by atoms with Crippen LogP contribution in [0.5, 0.6) is 0 Å². The second-order valence-corrected chi connectivity index (χ2v) is 3.90. The lowest BCUT2D eigenvalue weighted by molar-refractivity contribution is 0.761. The molecule has 90 valence electrons. The Hall–Kier alpha value is -1.91. The Morgan fingerprint density at radius 1 is 1.29 bits per heavy atom. The van der Waals surface area contributed by atoms with E-state index in [1.165, 1.54) is 0 Å². The van der Waals surface area contributed by atoms with Crippen molar-refractivity contribution in [2.45, 2.75) is 26.8 Å². The highest BCUT2D eigenvalue weighted by atomic mass is 15.2. The third-order valence-electron chi connectivity index (χ3n) is 2.41. The minimum atomic E-state index is 0.718. The topological polar surface area (TPSA) is 55.6 Å². The molecule has 0 unspecified atom stereocenters. The Morgan fingerprint density at radius 2 is 2.18 bits per heavy atom. The Morgan fingerprint density at radius 3 is 2.94 bits per heavy atom. The predicted octanol–water partition coefficient (Wildman–Crippen LogP) is 1.85. The van der Waals surface area contributed by atoms with Gasteiger partial charge in [0.05, 0.1) is 12.2 Å². The van der Waals surface area contributed by atoms with Crippen LogP contribution in [0.1, 0.15) is 24.9 Å². The maximum Gasteiger partial charge on any atom is 0.203 e. The number of aryl methyl sites for hydroxylation is 1. The highest BCUT2D eigenvalue weighted by molar-refractivity contribution is 5.26. The Labute approximate surface area is 101 Å². The van der Waals surface area contributed by atoms with Crippen LogP contribution in [-0.4, -0.2) is 26.1 Å². The van der Waals surface area contributed by atoms with Crippen LogP contribution < -0.4 is 5.32 Å². The highest BCUT2D eigenvalue weighted by Gasteiger charge is 2.03. The third kappa shape index (κ3) is 3.03. The number of imidazole rings is 1. The molecule has 0 saturated heterocycles. The lowest BCUT2D eigenvalue weighted by Crippen LogP contribution is -2.09. The van der Waals surface area contributed by atoms with Gasteiger partial charge in [-0.2, -0.15) is 0 Å². The van der Waals surface area contributed by atoms with Gasteiger partial charge >= 0.3 is 0 Å². The Balaban J connectivity index is 2.10. The van der Waals surface area contributed by atoms with Crippen LogP contribution in [0, 0.1) is 6.92 Å². The molecule has 0 bridgehead atoms. The molecule has 0 aromatic carbocycles. The molecule has 0 aliphatic heterocycles. The van der Waals surface area contributed by atoms with Gasteiger partial charge in [-0.25, -0.2) is 15.0 Å². The number of hydrogen-bond acceptors (Lipinski definition) is 4. The molecule has 0 amide bonds. The summed E-state index contributed by atoms with van der Waals surface area (Å²) in [5.41, 5.74) is 0.995. The van der Waals surface area contributed by atoms with E-state index in [2.05, 4.69) is 31.8 Å². The minimum Gasteiger partial charge on any atom is -0.356 e. The molecular weight excluding hydrogens is 214 g/mol. The van der Waals surface area contributed by atoms with Crippen LogP contribution in [0.15, 0.2) is 24.7 Å². The van der Waals surface area contributed by atoms with Gasteiger partial charge in [0.1, 0.15) is 5.82 Å². The summed E-state index contributed by atoms with van der Waals surface area (Å²) in [7, 11) is 0. The van der Waals surface area contributed by atoms with Gasteiger partial charge in [-0.15, -0.1) is 0 Å². The van der Waals surface area contributed by atoms with Crippen molar-refractivity contribution in [2.24, 2.45) is 0 Å². The minimum absolute atomic E-state index is 0.718. The van der Waals surface area contributed by atoms with Crippen molar-refractivity contribution in [1.82, 2.24) is 19.5 Å². The molecule has 2 heterocycles. The van der Waals surface area contributed by atoms with Crippen LogP contribution >= 0.6 is 0 Å². The van der Waals surface area contributed by atoms with Crippen LogP contribution in [0.2, 0.25) is 0 Å². The number of anilines is 1. The molecule has 2 aromatic rings. The molecule has 17 heavy (non-hydrogen) atoms. The van der Waals surface area contributed by atoms with E-state index in [0.29, 0.717) is 0 Å². The van der Waals surface area contributed by atoms with Crippen molar-refractivity contribution in [3.63, 3.8) is 0 Å². The average molecular weight is 231 g/mol. The molecule has 0 aliphatic carbocycles. The largest absolute Gasteiger partial charge is 0.356 e. The zero-order valence-corrected chi connectivity index (χ0v) is 10.2. The van der Waals surface area contributed by atoms with Crippen molar-refractivity contribution in [3.05, 3.63) is 36.2 Å². The third-order valence-corrected chi connectivity index (χ3v) is 2.41. The second-order valence-electron chi connectivity index (χ2n) is 3.90. The van der Waals surface area contributed by atoms with Crippen LogP contribution in [0.25, 0.3) is 0 Å². The number of rotatable bonds is 5. The lowest BCUT2D eigenvalue weighted by atomic mass is 10.4. The van der Waals surface area contributed by atoms with Gasteiger partial charge in [-0.3, -0.25) is 0 Å². The van der Waals surface area contributed by atoms with E-state index in [1.54, 1.807) is 12.4 Å². The van der Waals surface area contributed by atoms with E-state index < -0.39 is 0 Å². The fourth-order valence-corrected chi connectivity index (χ4v) is 1.61. The molecular formula is C12H17N5. The standard InChI is InChI=1S/C12H17N5/c1-3-5-14-12-15-7-8-17(12)9-11-4-6-13-10(2)16-11/h4,6-8H,3,5,9H2,1-2H3,(H,14,15). The van der Waals surface area contributed by atoms with Crippen molar-refractivity contribution in [1.29, 1.82) is 0 Å². The summed E-state index contributed by atoms with van der Waals surface area (Å²) in [6.07, 6.45) is 6.62. The van der Waals surface area contributed by atoms with Crippen LogP contribution in [0.4, 0.5) is 5.95 Å². The second kappa shape index (κ2) is 5.43. The van der Waals surface area contributed by atoms with Gasteiger partial charge in [-0.1, -0.05) is 6.92 Å². The molecule has 0 saturated carbocycles. The first-order chi connectivity index (χ1) is 8.29. The van der Waals surface area contributed by atoms with Crippen LogP contribution in [0.3, 0.4) is 0 Å². The monoisotopic (exact) mass is 231 g/mol. The van der Waals surface area contributed by atoms with Crippen LogP contribution in [-0.2, 0) is 6.54 Å². The molecule has 0 atom stereocenters. The lowest BCUT2D eigenvalue weighted by Gasteiger charge is -2.08. The van der Waals surface area contributed by atoms with E-state index in [0.717, 1.165) is 37.0 Å². The van der Waals surface area contributed by atoms with Crippen molar-refractivity contribution < 1.29 is 0 Å². The molecule has 0 aliphatic rings. The number of nitrogens with zero attached hydrogens (tertiary/aromatic N) is 4. The van der Waals surface area contributed by atoms with Gasteiger partial charge < -0.3 is 9.88 Å². The van der Waals surface area contributed by atoms with Gasteiger partial charge in [0, 0.05) is 25.1 Å². The number of hydrogen-bond donors (Lipinski definition) is 1. The summed E-state index contributed by atoms with van der Waals surface area (Å²) >= 11 is 0. The first kappa shape index (κ1) is 11.6. The maximum atomic E-state index is 4.38. The van der Waals surface area contributed by atoms with E-state index >= 15 is 0 Å². The summed E-state index contributed by atoms with van der Waals surface area (Å²) in [5, 5.41) is 3.29. The maximum absolute atomic E-state index is 4.38. The summed E-state index contributed by atoms with van der Waals surface area (Å²) in [5.74, 6) is 1.69. The normalized spacial score (nSPS) is 10.5. The molecule has 5 nitrogen and oxygen atoms in total. The first-order valence-electron chi connectivity index (χ1n) is 5.83. The van der Waals surface area contributed by atoms with E-state index in [1.807, 2.05) is 19.2 Å². The van der Waals surface area contributed by atoms with Gasteiger partial charge in [-0.05, 0) is 19.4 Å². The highest BCUT2D eigenvalue weighted by Crippen LogP contribution is 2.07. The Kier molecular flexibility index (Phi) is 3.69. The Bertz CT molecular complexity index is 477. The smallest absolute Gasteiger partial charge is 0.203 e. The van der Waals surface area contributed by atoms with Gasteiger partial charge in [0.15, 0.2) is 0 Å².